The van der Waals surface area contributed by atoms with Gasteiger partial charge in [-0.15, -0.1) is 0 Å². The highest BCUT2D eigenvalue weighted by Gasteiger charge is 2.20. The van der Waals surface area contributed by atoms with E-state index in [1.54, 1.807) is 0 Å². The van der Waals surface area contributed by atoms with Crippen LogP contribution in [-0.4, -0.2) is 13.2 Å². The van der Waals surface area contributed by atoms with Gasteiger partial charge in [-0.1, -0.05) is 24.3 Å². The number of hydrogen-bond acceptors (Lipinski definition) is 3. The zero-order valence-corrected chi connectivity index (χ0v) is 10.5. The minimum atomic E-state index is 0.263. The lowest BCUT2D eigenvalue weighted by Crippen LogP contribution is -2.31. The Labute approximate surface area is 103 Å². The molecule has 1 unspecified atom stereocenters. The molecular formula is C14H22N2O. The van der Waals surface area contributed by atoms with Crippen molar-refractivity contribution in [1.82, 2.24) is 5.43 Å². The number of aryl methyl sites for hydroxylation is 1. The van der Waals surface area contributed by atoms with Crippen LogP contribution in [0.15, 0.2) is 24.3 Å². The van der Waals surface area contributed by atoms with Crippen LogP contribution in [0.2, 0.25) is 0 Å². The first-order valence-corrected chi connectivity index (χ1v) is 6.40. The lowest BCUT2D eigenvalue weighted by atomic mass is 9.88. The summed E-state index contributed by atoms with van der Waals surface area (Å²) in [5, 5.41) is 0. The van der Waals surface area contributed by atoms with Crippen LogP contribution in [-0.2, 0) is 4.74 Å². The Morgan fingerprint density at radius 3 is 2.71 bits per heavy atom. The Hall–Kier alpha value is -0.900. The molecule has 0 saturated carbocycles. The molecular weight excluding hydrogens is 212 g/mol. The van der Waals surface area contributed by atoms with Gasteiger partial charge in [0.05, 0.1) is 0 Å². The highest BCUT2D eigenvalue weighted by molar-refractivity contribution is 5.28. The molecule has 0 bridgehead atoms. The Balaban J connectivity index is 2.03. The predicted octanol–water partition coefficient (Wildman–Crippen LogP) is 2.32. The van der Waals surface area contributed by atoms with E-state index in [2.05, 4.69) is 36.6 Å². The lowest BCUT2D eigenvalue weighted by Gasteiger charge is -2.27. The average molecular weight is 234 g/mol. The second-order valence-corrected chi connectivity index (χ2v) is 4.87. The van der Waals surface area contributed by atoms with E-state index in [-0.39, 0.29) is 6.04 Å². The quantitative estimate of drug-likeness (QED) is 0.621. The lowest BCUT2D eigenvalue weighted by molar-refractivity contribution is 0.0605. The Morgan fingerprint density at radius 1 is 1.35 bits per heavy atom. The fraction of sp³-hybridized carbons (Fsp3) is 0.571. The van der Waals surface area contributed by atoms with Crippen LogP contribution in [0.1, 0.15) is 36.4 Å². The number of rotatable bonds is 4. The van der Waals surface area contributed by atoms with Gasteiger partial charge in [-0.2, -0.15) is 0 Å². The van der Waals surface area contributed by atoms with Crippen molar-refractivity contribution in [3.63, 3.8) is 0 Å². The normalized spacial score (nSPS) is 19.2. The molecule has 0 amide bonds. The average Bonchev–Trinajstić information content (AvgIpc) is 2.38. The Bertz CT molecular complexity index is 348. The molecule has 1 heterocycles. The third-order valence-electron chi connectivity index (χ3n) is 3.67. The zero-order chi connectivity index (χ0) is 12.1. The molecule has 94 valence electrons. The number of ether oxygens (including phenoxy) is 1. The van der Waals surface area contributed by atoms with Crippen LogP contribution in [0.3, 0.4) is 0 Å². The third-order valence-corrected chi connectivity index (χ3v) is 3.67. The molecule has 1 fully saturated rings. The van der Waals surface area contributed by atoms with Gasteiger partial charge < -0.3 is 4.74 Å². The fourth-order valence-electron chi connectivity index (χ4n) is 2.58. The molecule has 3 N–H and O–H groups in total. The molecule has 3 heteroatoms. The Morgan fingerprint density at radius 2 is 2.06 bits per heavy atom. The van der Waals surface area contributed by atoms with Crippen molar-refractivity contribution in [1.29, 1.82) is 0 Å². The van der Waals surface area contributed by atoms with Crippen LogP contribution < -0.4 is 11.3 Å². The first-order chi connectivity index (χ1) is 8.31. The van der Waals surface area contributed by atoms with E-state index >= 15 is 0 Å². The van der Waals surface area contributed by atoms with Crippen LogP contribution in [0.4, 0.5) is 0 Å². The number of nitrogens with one attached hydrogen (secondary N) is 1. The molecule has 1 atom stereocenters. The van der Waals surface area contributed by atoms with E-state index in [1.807, 2.05) is 0 Å². The van der Waals surface area contributed by atoms with Gasteiger partial charge in [0.15, 0.2) is 0 Å². The fourth-order valence-corrected chi connectivity index (χ4v) is 2.58. The number of hydrogen-bond donors (Lipinski definition) is 2. The minimum absolute atomic E-state index is 0.263. The van der Waals surface area contributed by atoms with Crippen LogP contribution in [0.25, 0.3) is 0 Å². The molecule has 0 aliphatic carbocycles. The first-order valence-electron chi connectivity index (χ1n) is 6.40. The maximum Gasteiger partial charge on any atom is 0.0468 e. The SMILES string of the molecule is Cc1ccccc1C(CC1CCOCC1)NN. The van der Waals surface area contributed by atoms with Crippen molar-refractivity contribution in [3.05, 3.63) is 35.4 Å². The predicted molar refractivity (Wildman–Crippen MR) is 69.4 cm³/mol. The van der Waals surface area contributed by atoms with Gasteiger partial charge in [-0.3, -0.25) is 11.3 Å². The molecule has 1 aliphatic heterocycles. The van der Waals surface area contributed by atoms with Gasteiger partial charge in [0.25, 0.3) is 0 Å². The summed E-state index contributed by atoms with van der Waals surface area (Å²) in [5.74, 6) is 6.44. The zero-order valence-electron chi connectivity index (χ0n) is 10.5. The van der Waals surface area contributed by atoms with Crippen LogP contribution >= 0.6 is 0 Å². The second-order valence-electron chi connectivity index (χ2n) is 4.87. The van der Waals surface area contributed by atoms with Gasteiger partial charge >= 0.3 is 0 Å². The van der Waals surface area contributed by atoms with Crippen molar-refractivity contribution in [3.8, 4) is 0 Å². The summed E-state index contributed by atoms with van der Waals surface area (Å²) >= 11 is 0. The highest BCUT2D eigenvalue weighted by atomic mass is 16.5. The van der Waals surface area contributed by atoms with Crippen molar-refractivity contribution >= 4 is 0 Å². The summed E-state index contributed by atoms with van der Waals surface area (Å²) in [6.07, 6.45) is 3.42. The van der Waals surface area contributed by atoms with E-state index in [9.17, 15) is 0 Å². The smallest absolute Gasteiger partial charge is 0.0468 e. The van der Waals surface area contributed by atoms with E-state index in [0.29, 0.717) is 0 Å². The summed E-state index contributed by atoms with van der Waals surface area (Å²) in [6.45, 7) is 3.94. The number of benzene rings is 1. The molecule has 1 aromatic carbocycles. The van der Waals surface area contributed by atoms with Crippen LogP contribution in [0.5, 0.6) is 0 Å². The van der Waals surface area contributed by atoms with E-state index < -0.39 is 0 Å². The molecule has 3 nitrogen and oxygen atoms in total. The maximum absolute atomic E-state index is 5.71. The highest BCUT2D eigenvalue weighted by Crippen LogP contribution is 2.28. The largest absolute Gasteiger partial charge is 0.381 e. The van der Waals surface area contributed by atoms with Crippen molar-refractivity contribution < 1.29 is 4.74 Å². The summed E-state index contributed by atoms with van der Waals surface area (Å²) in [6, 6.07) is 8.72. The molecule has 0 spiro atoms. The van der Waals surface area contributed by atoms with Crippen molar-refractivity contribution in [2.75, 3.05) is 13.2 Å². The van der Waals surface area contributed by atoms with Gasteiger partial charge in [-0.25, -0.2) is 0 Å². The van der Waals surface area contributed by atoms with Crippen LogP contribution in [0, 0.1) is 12.8 Å². The molecule has 2 rings (SSSR count). The topological polar surface area (TPSA) is 47.3 Å². The monoisotopic (exact) mass is 234 g/mol. The number of hydrazine groups is 1. The summed E-state index contributed by atoms with van der Waals surface area (Å²) < 4.78 is 5.39. The molecule has 1 aromatic rings. The summed E-state index contributed by atoms with van der Waals surface area (Å²) in [7, 11) is 0. The molecule has 1 saturated heterocycles. The number of nitrogens with two attached hydrogens (primary N) is 1. The standard InChI is InChI=1S/C14H22N2O/c1-11-4-2-3-5-13(11)14(16-15)10-12-6-8-17-9-7-12/h2-5,12,14,16H,6-10,15H2,1H3. The van der Waals surface area contributed by atoms with Gasteiger partial charge in [-0.05, 0) is 43.2 Å². The van der Waals surface area contributed by atoms with Gasteiger partial charge in [0.1, 0.15) is 0 Å². The van der Waals surface area contributed by atoms with Gasteiger partial charge in [0, 0.05) is 19.3 Å². The van der Waals surface area contributed by atoms with E-state index in [4.69, 9.17) is 10.6 Å². The minimum Gasteiger partial charge on any atom is -0.381 e. The van der Waals surface area contributed by atoms with Crippen molar-refractivity contribution in [2.24, 2.45) is 11.8 Å². The maximum atomic E-state index is 5.71. The summed E-state index contributed by atoms with van der Waals surface area (Å²) in [4.78, 5) is 0. The third kappa shape index (κ3) is 3.28. The van der Waals surface area contributed by atoms with Crippen molar-refractivity contribution in [2.45, 2.75) is 32.2 Å². The molecule has 0 radical (unpaired) electrons. The molecule has 1 aliphatic rings. The van der Waals surface area contributed by atoms with E-state index in [1.165, 1.54) is 11.1 Å². The molecule has 17 heavy (non-hydrogen) atoms. The molecule has 0 aromatic heterocycles. The second kappa shape index (κ2) is 6.15. The first kappa shape index (κ1) is 12.6. The van der Waals surface area contributed by atoms with Gasteiger partial charge in [0.2, 0.25) is 0 Å². The Kier molecular flexibility index (Phi) is 4.54. The summed E-state index contributed by atoms with van der Waals surface area (Å²) in [5.41, 5.74) is 5.59. The van der Waals surface area contributed by atoms with E-state index in [0.717, 1.165) is 38.4 Å².